The molecular weight excluding hydrogens is 266 g/mol. The number of rotatable bonds is 9. The van der Waals surface area contributed by atoms with E-state index in [4.69, 9.17) is 9.84 Å². The second kappa shape index (κ2) is 9.19. The zero-order chi connectivity index (χ0) is 15.7. The Morgan fingerprint density at radius 2 is 2.19 bits per heavy atom. The third-order valence-electron chi connectivity index (χ3n) is 3.54. The minimum Gasteiger partial charge on any atom is -0.492 e. The SMILES string of the molecule is CCC(C)N(CC)CCOc1cccc(C=CC(=O)O)c1. The molecule has 0 saturated carbocycles. The first kappa shape index (κ1) is 17.2. The molecule has 0 aliphatic rings. The number of benzene rings is 1. The summed E-state index contributed by atoms with van der Waals surface area (Å²) in [5.41, 5.74) is 0.823. The van der Waals surface area contributed by atoms with Gasteiger partial charge in [0.25, 0.3) is 0 Å². The van der Waals surface area contributed by atoms with Crippen LogP contribution in [0.2, 0.25) is 0 Å². The number of hydrogen-bond acceptors (Lipinski definition) is 3. The van der Waals surface area contributed by atoms with Gasteiger partial charge in [0, 0.05) is 18.7 Å². The van der Waals surface area contributed by atoms with E-state index in [2.05, 4.69) is 25.7 Å². The summed E-state index contributed by atoms with van der Waals surface area (Å²) in [6.07, 6.45) is 3.82. The van der Waals surface area contributed by atoms with Gasteiger partial charge >= 0.3 is 5.97 Å². The number of carbonyl (C=O) groups is 1. The Bertz CT molecular complexity index is 471. The quantitative estimate of drug-likeness (QED) is 0.709. The lowest BCUT2D eigenvalue weighted by Gasteiger charge is -2.26. The summed E-state index contributed by atoms with van der Waals surface area (Å²) in [7, 11) is 0. The highest BCUT2D eigenvalue weighted by Crippen LogP contribution is 2.14. The number of nitrogens with zero attached hydrogens (tertiary/aromatic N) is 1. The minimum absolute atomic E-state index is 0.559. The van der Waals surface area contributed by atoms with Crippen molar-refractivity contribution in [1.82, 2.24) is 4.90 Å². The van der Waals surface area contributed by atoms with Crippen molar-refractivity contribution in [3.63, 3.8) is 0 Å². The summed E-state index contributed by atoms with van der Waals surface area (Å²) in [5, 5.41) is 8.63. The average molecular weight is 291 g/mol. The molecule has 1 aromatic carbocycles. The van der Waals surface area contributed by atoms with Crippen LogP contribution in [0.3, 0.4) is 0 Å². The molecule has 0 radical (unpaired) electrons. The standard InChI is InChI=1S/C17H25NO3/c1-4-14(3)18(5-2)11-12-21-16-8-6-7-15(13-16)9-10-17(19)20/h6-10,13-14H,4-5,11-12H2,1-3H3,(H,19,20). The zero-order valence-electron chi connectivity index (χ0n) is 13.1. The van der Waals surface area contributed by atoms with Crippen molar-refractivity contribution in [2.75, 3.05) is 19.7 Å². The summed E-state index contributed by atoms with van der Waals surface area (Å²) < 4.78 is 5.76. The first-order valence-electron chi connectivity index (χ1n) is 7.44. The predicted octanol–water partition coefficient (Wildman–Crippen LogP) is 3.28. The van der Waals surface area contributed by atoms with Crippen LogP contribution >= 0.6 is 0 Å². The van der Waals surface area contributed by atoms with Crippen LogP contribution in [0.15, 0.2) is 30.3 Å². The number of hydrogen-bond donors (Lipinski definition) is 1. The van der Waals surface area contributed by atoms with Gasteiger partial charge < -0.3 is 9.84 Å². The summed E-state index contributed by atoms with van der Waals surface area (Å²) in [6, 6.07) is 8.01. The number of likely N-dealkylation sites (N-methyl/N-ethyl adjacent to an activating group) is 1. The van der Waals surface area contributed by atoms with Crippen molar-refractivity contribution >= 4 is 12.0 Å². The molecule has 0 aromatic heterocycles. The zero-order valence-corrected chi connectivity index (χ0v) is 13.1. The molecule has 4 heteroatoms. The van der Waals surface area contributed by atoms with E-state index in [0.717, 1.165) is 36.9 Å². The van der Waals surface area contributed by atoms with E-state index in [0.29, 0.717) is 12.6 Å². The number of aliphatic carboxylic acids is 1. The van der Waals surface area contributed by atoms with E-state index < -0.39 is 5.97 Å². The molecule has 1 unspecified atom stereocenters. The van der Waals surface area contributed by atoms with E-state index in [1.54, 1.807) is 6.08 Å². The fourth-order valence-corrected chi connectivity index (χ4v) is 2.10. The molecule has 1 aromatic rings. The van der Waals surface area contributed by atoms with Crippen molar-refractivity contribution in [2.45, 2.75) is 33.2 Å². The van der Waals surface area contributed by atoms with Crippen LogP contribution in [0.25, 0.3) is 6.08 Å². The highest BCUT2D eigenvalue weighted by molar-refractivity contribution is 5.85. The molecule has 4 nitrogen and oxygen atoms in total. The van der Waals surface area contributed by atoms with Gasteiger partial charge in [-0.25, -0.2) is 4.79 Å². The summed E-state index contributed by atoms with van der Waals surface area (Å²) in [5.74, 6) is -0.184. The van der Waals surface area contributed by atoms with E-state index >= 15 is 0 Å². The largest absolute Gasteiger partial charge is 0.492 e. The van der Waals surface area contributed by atoms with Gasteiger partial charge in [0.2, 0.25) is 0 Å². The van der Waals surface area contributed by atoms with Crippen LogP contribution in [0.1, 0.15) is 32.8 Å². The normalized spacial score (nSPS) is 12.8. The number of ether oxygens (including phenoxy) is 1. The lowest BCUT2D eigenvalue weighted by molar-refractivity contribution is -0.131. The Hall–Kier alpha value is -1.81. The van der Waals surface area contributed by atoms with Crippen molar-refractivity contribution in [3.8, 4) is 5.75 Å². The Morgan fingerprint density at radius 3 is 2.81 bits per heavy atom. The molecule has 0 bridgehead atoms. The molecule has 1 rings (SSSR count). The second-order valence-corrected chi connectivity index (χ2v) is 4.98. The van der Waals surface area contributed by atoms with E-state index in [1.165, 1.54) is 0 Å². The number of carboxylic acid groups (broad SMARTS) is 1. The van der Waals surface area contributed by atoms with Gasteiger partial charge in [-0.05, 0) is 43.7 Å². The fourth-order valence-electron chi connectivity index (χ4n) is 2.10. The Balaban J connectivity index is 2.52. The van der Waals surface area contributed by atoms with Crippen LogP contribution < -0.4 is 4.74 Å². The van der Waals surface area contributed by atoms with E-state index in [9.17, 15) is 4.79 Å². The first-order valence-corrected chi connectivity index (χ1v) is 7.44. The molecule has 116 valence electrons. The van der Waals surface area contributed by atoms with Gasteiger partial charge in [-0.3, -0.25) is 4.90 Å². The molecule has 0 amide bonds. The first-order chi connectivity index (χ1) is 10.1. The molecule has 0 aliphatic carbocycles. The fraction of sp³-hybridized carbons (Fsp3) is 0.471. The van der Waals surface area contributed by atoms with Crippen LogP contribution in [-0.4, -0.2) is 41.7 Å². The summed E-state index contributed by atoms with van der Waals surface area (Å²) in [6.45, 7) is 9.10. The second-order valence-electron chi connectivity index (χ2n) is 4.98. The third kappa shape index (κ3) is 6.45. The lowest BCUT2D eigenvalue weighted by Crippen LogP contribution is -2.35. The van der Waals surface area contributed by atoms with Gasteiger partial charge in [0.1, 0.15) is 12.4 Å². The molecule has 0 saturated heterocycles. The Morgan fingerprint density at radius 1 is 1.43 bits per heavy atom. The maximum absolute atomic E-state index is 10.5. The van der Waals surface area contributed by atoms with Gasteiger partial charge in [-0.15, -0.1) is 0 Å². The lowest BCUT2D eigenvalue weighted by atomic mass is 10.2. The number of carboxylic acids is 1. The minimum atomic E-state index is -0.950. The van der Waals surface area contributed by atoms with Gasteiger partial charge in [-0.1, -0.05) is 26.0 Å². The van der Waals surface area contributed by atoms with E-state index in [1.807, 2.05) is 24.3 Å². The van der Waals surface area contributed by atoms with E-state index in [-0.39, 0.29) is 0 Å². The van der Waals surface area contributed by atoms with Crippen LogP contribution in [0.5, 0.6) is 5.75 Å². The molecular formula is C17H25NO3. The van der Waals surface area contributed by atoms with Crippen LogP contribution in [0, 0.1) is 0 Å². The van der Waals surface area contributed by atoms with Crippen molar-refractivity contribution in [2.24, 2.45) is 0 Å². The highest BCUT2D eigenvalue weighted by atomic mass is 16.5. The molecule has 0 heterocycles. The third-order valence-corrected chi connectivity index (χ3v) is 3.54. The molecule has 21 heavy (non-hydrogen) atoms. The molecule has 0 spiro atoms. The summed E-state index contributed by atoms with van der Waals surface area (Å²) in [4.78, 5) is 12.9. The molecule has 1 N–H and O–H groups in total. The molecule has 0 aliphatic heterocycles. The molecule has 1 atom stereocenters. The van der Waals surface area contributed by atoms with Crippen molar-refractivity contribution in [3.05, 3.63) is 35.9 Å². The van der Waals surface area contributed by atoms with Crippen molar-refractivity contribution in [1.29, 1.82) is 0 Å². The van der Waals surface area contributed by atoms with Gasteiger partial charge in [0.15, 0.2) is 0 Å². The Labute approximate surface area is 127 Å². The molecule has 0 fully saturated rings. The van der Waals surface area contributed by atoms with Crippen LogP contribution in [0.4, 0.5) is 0 Å². The maximum atomic E-state index is 10.5. The van der Waals surface area contributed by atoms with Gasteiger partial charge in [0.05, 0.1) is 0 Å². The monoisotopic (exact) mass is 291 g/mol. The predicted molar refractivity (Wildman–Crippen MR) is 85.6 cm³/mol. The van der Waals surface area contributed by atoms with Gasteiger partial charge in [-0.2, -0.15) is 0 Å². The average Bonchev–Trinajstić information content (AvgIpc) is 2.49. The summed E-state index contributed by atoms with van der Waals surface area (Å²) >= 11 is 0. The topological polar surface area (TPSA) is 49.8 Å². The maximum Gasteiger partial charge on any atom is 0.328 e. The Kier molecular flexibility index (Phi) is 7.54. The highest BCUT2D eigenvalue weighted by Gasteiger charge is 2.09. The van der Waals surface area contributed by atoms with Crippen molar-refractivity contribution < 1.29 is 14.6 Å². The smallest absolute Gasteiger partial charge is 0.328 e. The van der Waals surface area contributed by atoms with Crippen LogP contribution in [-0.2, 0) is 4.79 Å².